The smallest absolute Gasteiger partial charge is 0.410 e. The predicted molar refractivity (Wildman–Crippen MR) is 123 cm³/mol. The minimum atomic E-state index is -0.478. The lowest BCUT2D eigenvalue weighted by Crippen LogP contribution is -2.58. The van der Waals surface area contributed by atoms with E-state index < -0.39 is 5.60 Å². The molecule has 1 amide bonds. The van der Waals surface area contributed by atoms with E-state index in [1.54, 1.807) is 6.07 Å². The van der Waals surface area contributed by atoms with Crippen molar-refractivity contribution in [1.29, 1.82) is 0 Å². The molecule has 2 aromatic rings. The number of nitrogens with zero attached hydrogens (tertiary/aromatic N) is 3. The maximum atomic E-state index is 12.8. The summed E-state index contributed by atoms with van der Waals surface area (Å²) in [5, 5.41) is 5.01. The highest BCUT2D eigenvalue weighted by atomic mass is 127. The van der Waals surface area contributed by atoms with E-state index in [2.05, 4.69) is 43.9 Å². The fourth-order valence-corrected chi connectivity index (χ4v) is 5.12. The van der Waals surface area contributed by atoms with Crippen molar-refractivity contribution in [1.82, 2.24) is 14.9 Å². The molecule has 156 valence electrons. The van der Waals surface area contributed by atoms with Crippen molar-refractivity contribution >= 4 is 57.0 Å². The molecule has 1 unspecified atom stereocenters. The number of carbonyl (C=O) groups is 1. The topological polar surface area (TPSA) is 67.3 Å². The van der Waals surface area contributed by atoms with Gasteiger partial charge in [0.25, 0.3) is 0 Å². The first-order valence-electron chi connectivity index (χ1n) is 10.1. The molecule has 0 saturated carbocycles. The summed E-state index contributed by atoms with van der Waals surface area (Å²) in [5.74, 6) is 0.771. The van der Waals surface area contributed by atoms with E-state index in [0.29, 0.717) is 5.15 Å². The maximum absolute atomic E-state index is 12.8. The van der Waals surface area contributed by atoms with Gasteiger partial charge in [-0.1, -0.05) is 11.6 Å². The summed E-state index contributed by atoms with van der Waals surface area (Å²) in [6.45, 7) is 5.75. The first-order chi connectivity index (χ1) is 13.7. The Hall–Kier alpha value is -1.35. The number of hydrogen-bond acceptors (Lipinski definition) is 5. The molecule has 2 aliphatic rings. The van der Waals surface area contributed by atoms with Crippen molar-refractivity contribution < 1.29 is 9.53 Å². The number of halogens is 2. The molecule has 2 fully saturated rings. The molecule has 6 nitrogen and oxygen atoms in total. The lowest BCUT2D eigenvalue weighted by molar-refractivity contribution is -0.0199. The maximum Gasteiger partial charge on any atom is 0.410 e. The molecule has 1 N–H and O–H groups in total. The molecular formula is C21H26ClIN4O2. The normalized spacial score (nSPS) is 24.4. The molecule has 4 heterocycles. The average molecular weight is 529 g/mol. The Labute approximate surface area is 189 Å². The van der Waals surface area contributed by atoms with Crippen LogP contribution in [0.4, 0.5) is 10.6 Å². The number of carbonyl (C=O) groups excluding carboxylic acids is 1. The van der Waals surface area contributed by atoms with Gasteiger partial charge in [0, 0.05) is 39.3 Å². The van der Waals surface area contributed by atoms with Crippen molar-refractivity contribution in [2.24, 2.45) is 0 Å². The van der Waals surface area contributed by atoms with Crippen LogP contribution in [0.25, 0.3) is 10.9 Å². The lowest BCUT2D eigenvalue weighted by atomic mass is 9.82. The summed E-state index contributed by atoms with van der Waals surface area (Å²) in [5.41, 5.74) is 0.355. The highest BCUT2D eigenvalue weighted by Gasteiger charge is 2.42. The fraction of sp³-hybridized carbons (Fsp3) is 0.571. The third-order valence-electron chi connectivity index (χ3n) is 5.53. The first-order valence-corrected chi connectivity index (χ1v) is 11.5. The molecule has 0 radical (unpaired) electrons. The van der Waals surface area contributed by atoms with Gasteiger partial charge in [-0.25, -0.2) is 9.78 Å². The second kappa shape index (κ2) is 8.06. The number of rotatable bonds is 2. The first kappa shape index (κ1) is 20.9. The number of amides is 1. The van der Waals surface area contributed by atoms with E-state index in [1.165, 1.54) is 0 Å². The van der Waals surface area contributed by atoms with Crippen LogP contribution in [-0.2, 0) is 4.74 Å². The lowest BCUT2D eigenvalue weighted by Gasteiger charge is -2.48. The SMILES string of the molecule is CC(C)(C)OC(=O)N1[C@@H]2CCC[C@H]1CC(Nc1nc(Cl)cc3ncc(I)cc13)C2. The quantitative estimate of drug-likeness (QED) is 0.405. The number of pyridine rings is 2. The summed E-state index contributed by atoms with van der Waals surface area (Å²) in [7, 11) is 0. The Morgan fingerprint density at radius 1 is 1.28 bits per heavy atom. The number of ether oxygens (including phenoxy) is 1. The fourth-order valence-electron chi connectivity index (χ4n) is 4.48. The summed E-state index contributed by atoms with van der Waals surface area (Å²) in [4.78, 5) is 23.8. The van der Waals surface area contributed by atoms with E-state index in [4.69, 9.17) is 16.3 Å². The molecule has 29 heavy (non-hydrogen) atoms. The third kappa shape index (κ3) is 4.71. The number of anilines is 1. The molecule has 4 rings (SSSR count). The Morgan fingerprint density at radius 3 is 2.62 bits per heavy atom. The summed E-state index contributed by atoms with van der Waals surface area (Å²) in [6.07, 6.45) is 6.57. The van der Waals surface area contributed by atoms with E-state index in [0.717, 1.165) is 52.4 Å². The number of aromatic nitrogens is 2. The molecular weight excluding hydrogens is 503 g/mol. The van der Waals surface area contributed by atoms with Gasteiger partial charge in [0.05, 0.1) is 5.52 Å². The zero-order chi connectivity index (χ0) is 20.8. The molecule has 2 bridgehead atoms. The van der Waals surface area contributed by atoms with Crippen LogP contribution in [0.2, 0.25) is 5.15 Å². The largest absolute Gasteiger partial charge is 0.444 e. The van der Waals surface area contributed by atoms with Gasteiger partial charge in [-0.15, -0.1) is 0 Å². The van der Waals surface area contributed by atoms with E-state index in [1.807, 2.05) is 31.9 Å². The number of nitrogens with one attached hydrogen (secondary N) is 1. The van der Waals surface area contributed by atoms with E-state index >= 15 is 0 Å². The standard InChI is InChI=1S/C21H26ClIN4O2/c1-21(2,3)29-20(28)27-14-5-4-6-15(27)9-13(8-14)25-19-16-7-12(23)11-24-17(16)10-18(22)26-19/h7,10-11,13-15H,4-6,8-9H2,1-3H3,(H,25,26)/t13?,14-,15+. The van der Waals surface area contributed by atoms with Gasteiger partial charge in [0.1, 0.15) is 16.6 Å². The van der Waals surface area contributed by atoms with Gasteiger partial charge in [-0.2, -0.15) is 0 Å². The van der Waals surface area contributed by atoms with Gasteiger partial charge in [0.2, 0.25) is 0 Å². The van der Waals surface area contributed by atoms with Gasteiger partial charge in [-0.05, 0) is 81.5 Å². The second-order valence-corrected chi connectivity index (χ2v) is 10.6. The van der Waals surface area contributed by atoms with Crippen LogP contribution in [0.3, 0.4) is 0 Å². The van der Waals surface area contributed by atoms with Crippen LogP contribution >= 0.6 is 34.2 Å². The minimum Gasteiger partial charge on any atom is -0.444 e. The number of fused-ring (bicyclic) bond motifs is 3. The Kier molecular flexibility index (Phi) is 5.81. The predicted octanol–water partition coefficient (Wildman–Crippen LogP) is 5.62. The molecule has 0 spiro atoms. The zero-order valence-electron chi connectivity index (χ0n) is 16.9. The van der Waals surface area contributed by atoms with Crippen LogP contribution in [0.15, 0.2) is 18.3 Å². The molecule has 2 aliphatic heterocycles. The summed E-state index contributed by atoms with van der Waals surface area (Å²) in [6, 6.07) is 4.48. The van der Waals surface area contributed by atoms with Crippen molar-refractivity contribution in [3.8, 4) is 0 Å². The summed E-state index contributed by atoms with van der Waals surface area (Å²) < 4.78 is 6.74. The van der Waals surface area contributed by atoms with Gasteiger partial charge >= 0.3 is 6.09 Å². The second-order valence-electron chi connectivity index (χ2n) is 8.95. The molecule has 2 saturated heterocycles. The average Bonchev–Trinajstić information content (AvgIpc) is 2.60. The van der Waals surface area contributed by atoms with Crippen molar-refractivity contribution in [2.75, 3.05) is 5.32 Å². The molecule has 0 aliphatic carbocycles. The van der Waals surface area contributed by atoms with Crippen LogP contribution in [0.1, 0.15) is 52.9 Å². The Balaban J connectivity index is 1.55. The molecule has 0 aromatic carbocycles. The van der Waals surface area contributed by atoms with Crippen molar-refractivity contribution in [2.45, 2.75) is 76.6 Å². The molecule has 8 heteroatoms. The van der Waals surface area contributed by atoms with E-state index in [9.17, 15) is 4.79 Å². The van der Waals surface area contributed by atoms with Gasteiger partial charge < -0.3 is 15.0 Å². The number of hydrogen-bond donors (Lipinski definition) is 1. The van der Waals surface area contributed by atoms with Gasteiger partial charge in [0.15, 0.2) is 0 Å². The Bertz CT molecular complexity index is 919. The number of piperidine rings is 2. The third-order valence-corrected chi connectivity index (χ3v) is 6.32. The zero-order valence-corrected chi connectivity index (χ0v) is 19.8. The highest BCUT2D eigenvalue weighted by molar-refractivity contribution is 14.1. The Morgan fingerprint density at radius 2 is 1.97 bits per heavy atom. The van der Waals surface area contributed by atoms with Crippen LogP contribution in [-0.4, -0.2) is 44.7 Å². The van der Waals surface area contributed by atoms with Crippen LogP contribution in [0.5, 0.6) is 0 Å². The van der Waals surface area contributed by atoms with Crippen LogP contribution < -0.4 is 5.32 Å². The summed E-state index contributed by atoms with van der Waals surface area (Å²) >= 11 is 8.50. The van der Waals surface area contributed by atoms with Crippen molar-refractivity contribution in [3.63, 3.8) is 0 Å². The van der Waals surface area contributed by atoms with E-state index in [-0.39, 0.29) is 24.2 Å². The molecule has 3 atom stereocenters. The highest BCUT2D eigenvalue weighted by Crippen LogP contribution is 2.37. The van der Waals surface area contributed by atoms with Crippen LogP contribution in [0, 0.1) is 3.57 Å². The minimum absolute atomic E-state index is 0.185. The molecule has 2 aromatic heterocycles. The van der Waals surface area contributed by atoms with Crippen molar-refractivity contribution in [3.05, 3.63) is 27.1 Å². The van der Waals surface area contributed by atoms with Gasteiger partial charge in [-0.3, -0.25) is 4.98 Å². The monoisotopic (exact) mass is 528 g/mol.